The molecule has 0 bridgehead atoms. The Hall–Kier alpha value is -0.870. The molecule has 1 aliphatic rings. The number of nitrogens with zero attached hydrogens (tertiary/aromatic N) is 1. The maximum Gasteiger partial charge on any atom is 0.255 e. The van der Waals surface area contributed by atoms with Gasteiger partial charge in [0.2, 0.25) is 0 Å². The van der Waals surface area contributed by atoms with E-state index in [0.717, 1.165) is 24.0 Å². The van der Waals surface area contributed by atoms with E-state index >= 15 is 0 Å². The average Bonchev–Trinajstić information content (AvgIpc) is 2.67. The minimum absolute atomic E-state index is 0.141. The van der Waals surface area contributed by atoms with Gasteiger partial charge in [-0.25, -0.2) is 0 Å². The molecule has 1 N–H and O–H groups in total. The molecule has 0 radical (unpaired) electrons. The zero-order chi connectivity index (χ0) is 12.3. The van der Waals surface area contributed by atoms with E-state index in [1.165, 1.54) is 6.42 Å². The monoisotopic (exact) mass is 253 g/mol. The van der Waals surface area contributed by atoms with Crippen LogP contribution in [0.15, 0.2) is 10.8 Å². The highest BCUT2D eigenvalue weighted by Gasteiger charge is 2.29. The number of aliphatic hydroxyl groups excluding tert-OH is 1. The molecule has 4 heteroatoms. The minimum atomic E-state index is 0.141. The predicted octanol–water partition coefficient (Wildman–Crippen LogP) is 2.43. The zero-order valence-corrected chi connectivity index (χ0v) is 11.0. The Morgan fingerprint density at radius 2 is 2.29 bits per heavy atom. The predicted molar refractivity (Wildman–Crippen MR) is 69.4 cm³/mol. The molecule has 1 aliphatic carbocycles. The minimum Gasteiger partial charge on any atom is -0.396 e. The van der Waals surface area contributed by atoms with Gasteiger partial charge >= 0.3 is 0 Å². The molecule has 17 heavy (non-hydrogen) atoms. The lowest BCUT2D eigenvalue weighted by atomic mass is 9.90. The maximum atomic E-state index is 12.4. The van der Waals surface area contributed by atoms with Crippen molar-refractivity contribution < 1.29 is 9.90 Å². The number of rotatable bonds is 5. The number of aliphatic hydroxyl groups is 1. The van der Waals surface area contributed by atoms with Gasteiger partial charge in [0.1, 0.15) is 0 Å². The van der Waals surface area contributed by atoms with E-state index in [4.69, 9.17) is 5.11 Å². The number of aryl methyl sites for hydroxylation is 1. The maximum absolute atomic E-state index is 12.4. The molecule has 0 aliphatic heterocycles. The van der Waals surface area contributed by atoms with Gasteiger partial charge in [-0.05, 0) is 43.6 Å². The van der Waals surface area contributed by atoms with Crippen LogP contribution in [0.5, 0.6) is 0 Å². The molecular weight excluding hydrogens is 234 g/mol. The Kier molecular flexibility index (Phi) is 4.18. The fourth-order valence-electron chi connectivity index (χ4n) is 2.12. The number of amides is 1. The van der Waals surface area contributed by atoms with E-state index in [-0.39, 0.29) is 12.5 Å². The molecule has 1 heterocycles. The van der Waals surface area contributed by atoms with Crippen LogP contribution in [0.1, 0.15) is 41.6 Å². The molecule has 3 nitrogen and oxygen atoms in total. The van der Waals surface area contributed by atoms with E-state index in [2.05, 4.69) is 0 Å². The normalized spacial score (nSPS) is 15.6. The highest BCUT2D eigenvalue weighted by atomic mass is 32.1. The smallest absolute Gasteiger partial charge is 0.255 e. The van der Waals surface area contributed by atoms with Gasteiger partial charge in [0, 0.05) is 24.6 Å². The van der Waals surface area contributed by atoms with Crippen molar-refractivity contribution >= 4 is 17.2 Å². The summed E-state index contributed by atoms with van der Waals surface area (Å²) in [6, 6.07) is 0.397. The first kappa shape index (κ1) is 12.6. The molecule has 1 aromatic heterocycles. The Morgan fingerprint density at radius 3 is 2.76 bits per heavy atom. The van der Waals surface area contributed by atoms with Crippen LogP contribution in [0.4, 0.5) is 0 Å². The van der Waals surface area contributed by atoms with Gasteiger partial charge in [0.15, 0.2) is 0 Å². The fraction of sp³-hybridized carbons (Fsp3) is 0.615. The lowest BCUT2D eigenvalue weighted by molar-refractivity contribution is 0.0562. The molecule has 94 valence electrons. The summed E-state index contributed by atoms with van der Waals surface area (Å²) < 4.78 is 0. The largest absolute Gasteiger partial charge is 0.396 e. The summed E-state index contributed by atoms with van der Waals surface area (Å²) in [6.45, 7) is 2.81. The first-order valence-corrected chi connectivity index (χ1v) is 7.13. The molecule has 1 amide bonds. The number of carbonyl (C=O) groups is 1. The van der Waals surface area contributed by atoms with Crippen molar-refractivity contribution in [3.63, 3.8) is 0 Å². The highest BCUT2D eigenvalue weighted by molar-refractivity contribution is 7.08. The van der Waals surface area contributed by atoms with Crippen molar-refractivity contribution in [2.24, 2.45) is 0 Å². The summed E-state index contributed by atoms with van der Waals surface area (Å²) >= 11 is 1.58. The van der Waals surface area contributed by atoms with E-state index in [9.17, 15) is 4.79 Å². The van der Waals surface area contributed by atoms with Crippen LogP contribution in [-0.4, -0.2) is 35.1 Å². The summed E-state index contributed by atoms with van der Waals surface area (Å²) in [5.74, 6) is 0.141. The molecule has 1 saturated carbocycles. The summed E-state index contributed by atoms with van der Waals surface area (Å²) in [7, 11) is 0. The molecule has 2 rings (SSSR count). The van der Waals surface area contributed by atoms with E-state index in [0.29, 0.717) is 19.0 Å². The first-order chi connectivity index (χ1) is 8.24. The van der Waals surface area contributed by atoms with E-state index in [1.807, 2.05) is 22.6 Å². The topological polar surface area (TPSA) is 40.5 Å². The molecule has 0 spiro atoms. The van der Waals surface area contributed by atoms with Crippen LogP contribution in [-0.2, 0) is 0 Å². The molecule has 0 saturated heterocycles. The van der Waals surface area contributed by atoms with Gasteiger partial charge in [-0.15, -0.1) is 0 Å². The van der Waals surface area contributed by atoms with Crippen LogP contribution in [0.25, 0.3) is 0 Å². The third-order valence-electron chi connectivity index (χ3n) is 3.42. The van der Waals surface area contributed by atoms with Crippen LogP contribution in [0.2, 0.25) is 0 Å². The second kappa shape index (κ2) is 5.65. The second-order valence-corrected chi connectivity index (χ2v) is 5.37. The fourth-order valence-corrected chi connectivity index (χ4v) is 2.95. The molecular formula is C13H19NO2S. The summed E-state index contributed by atoms with van der Waals surface area (Å²) in [4.78, 5) is 14.4. The standard InChI is InChI=1S/C13H19NO2S/c1-10-8-17-9-12(10)13(16)14(6-3-7-15)11-4-2-5-11/h8-9,11,15H,2-7H2,1H3. The molecule has 0 aromatic carbocycles. The van der Waals surface area contributed by atoms with Crippen LogP contribution in [0, 0.1) is 6.92 Å². The lowest BCUT2D eigenvalue weighted by Gasteiger charge is -2.37. The van der Waals surface area contributed by atoms with E-state index in [1.54, 1.807) is 11.3 Å². The van der Waals surface area contributed by atoms with Gasteiger partial charge in [-0.1, -0.05) is 0 Å². The van der Waals surface area contributed by atoms with Crippen LogP contribution < -0.4 is 0 Å². The van der Waals surface area contributed by atoms with Crippen molar-refractivity contribution in [2.75, 3.05) is 13.2 Å². The van der Waals surface area contributed by atoms with Crippen molar-refractivity contribution in [3.8, 4) is 0 Å². The Labute approximate surface area is 106 Å². The van der Waals surface area contributed by atoms with Crippen LogP contribution >= 0.6 is 11.3 Å². The van der Waals surface area contributed by atoms with Crippen molar-refractivity contribution in [1.82, 2.24) is 4.90 Å². The molecule has 0 atom stereocenters. The van der Waals surface area contributed by atoms with Gasteiger partial charge in [0.05, 0.1) is 5.56 Å². The second-order valence-electron chi connectivity index (χ2n) is 4.63. The van der Waals surface area contributed by atoms with Gasteiger partial charge in [-0.3, -0.25) is 4.79 Å². The highest BCUT2D eigenvalue weighted by Crippen LogP contribution is 2.27. The quantitative estimate of drug-likeness (QED) is 0.875. The van der Waals surface area contributed by atoms with Gasteiger partial charge in [0.25, 0.3) is 5.91 Å². The van der Waals surface area contributed by atoms with Gasteiger partial charge in [-0.2, -0.15) is 11.3 Å². The number of hydrogen-bond donors (Lipinski definition) is 1. The number of hydrogen-bond acceptors (Lipinski definition) is 3. The Balaban J connectivity index is 2.09. The van der Waals surface area contributed by atoms with Crippen LogP contribution in [0.3, 0.4) is 0 Å². The SMILES string of the molecule is Cc1cscc1C(=O)N(CCCO)C1CCC1. The summed E-state index contributed by atoms with van der Waals surface area (Å²) in [5.41, 5.74) is 1.90. The van der Waals surface area contributed by atoms with Gasteiger partial charge < -0.3 is 10.0 Å². The molecule has 1 aromatic rings. The van der Waals surface area contributed by atoms with E-state index < -0.39 is 0 Å². The zero-order valence-electron chi connectivity index (χ0n) is 10.2. The Bertz CT molecular complexity index is 385. The molecule has 1 fully saturated rings. The number of thiophene rings is 1. The lowest BCUT2D eigenvalue weighted by Crippen LogP contribution is -2.45. The number of carbonyl (C=O) groups excluding carboxylic acids is 1. The Morgan fingerprint density at radius 1 is 1.53 bits per heavy atom. The average molecular weight is 253 g/mol. The van der Waals surface area contributed by atoms with Crippen molar-refractivity contribution in [3.05, 3.63) is 21.9 Å². The third-order valence-corrected chi connectivity index (χ3v) is 4.28. The first-order valence-electron chi connectivity index (χ1n) is 6.18. The summed E-state index contributed by atoms with van der Waals surface area (Å²) in [6.07, 6.45) is 4.11. The van der Waals surface area contributed by atoms with Crippen molar-refractivity contribution in [1.29, 1.82) is 0 Å². The molecule has 0 unspecified atom stereocenters. The van der Waals surface area contributed by atoms with Crippen molar-refractivity contribution in [2.45, 2.75) is 38.6 Å². The summed E-state index contributed by atoms with van der Waals surface area (Å²) in [5, 5.41) is 12.9. The third kappa shape index (κ3) is 2.69.